The fraction of sp³-hybridized carbons (Fsp3) is 0.667. The van der Waals surface area contributed by atoms with Crippen molar-refractivity contribution < 1.29 is 4.79 Å². The molecule has 0 fully saturated rings. The van der Waals surface area contributed by atoms with Gasteiger partial charge in [0.25, 0.3) is 0 Å². The maximum absolute atomic E-state index is 11.9. The monoisotopic (exact) mass is 208 g/mol. The van der Waals surface area contributed by atoms with Gasteiger partial charge in [-0.2, -0.15) is 5.10 Å². The second kappa shape index (κ2) is 5.69. The van der Waals surface area contributed by atoms with E-state index in [0.29, 0.717) is 6.42 Å². The van der Waals surface area contributed by atoms with Crippen LogP contribution in [0, 0.1) is 0 Å². The van der Waals surface area contributed by atoms with E-state index in [1.807, 2.05) is 17.7 Å². The van der Waals surface area contributed by atoms with E-state index < -0.39 is 0 Å². The minimum atomic E-state index is 0.228. The molecule has 0 aromatic carbocycles. The van der Waals surface area contributed by atoms with Crippen molar-refractivity contribution in [3.05, 3.63) is 17.5 Å². The van der Waals surface area contributed by atoms with Gasteiger partial charge in [-0.25, -0.2) is 0 Å². The fourth-order valence-electron chi connectivity index (χ4n) is 1.57. The molecule has 1 aromatic heterocycles. The van der Waals surface area contributed by atoms with Crippen LogP contribution in [0.3, 0.4) is 0 Å². The summed E-state index contributed by atoms with van der Waals surface area (Å²) in [6.07, 6.45) is 3.56. The van der Waals surface area contributed by atoms with Crippen LogP contribution in [-0.2, 0) is 13.0 Å². The van der Waals surface area contributed by atoms with Gasteiger partial charge in [-0.3, -0.25) is 9.48 Å². The van der Waals surface area contributed by atoms with Crippen molar-refractivity contribution >= 4 is 5.78 Å². The van der Waals surface area contributed by atoms with E-state index in [1.165, 1.54) is 0 Å². The SMILES string of the molecule is CCCCC(=O)c1cc(CC)nn1CC. The predicted octanol–water partition coefficient (Wildman–Crippen LogP) is 2.84. The van der Waals surface area contributed by atoms with Crippen LogP contribution in [0.4, 0.5) is 0 Å². The lowest BCUT2D eigenvalue weighted by Crippen LogP contribution is -2.09. The van der Waals surface area contributed by atoms with Crippen molar-refractivity contribution in [2.45, 2.75) is 53.0 Å². The van der Waals surface area contributed by atoms with Gasteiger partial charge in [0.15, 0.2) is 5.78 Å². The number of hydrogen-bond donors (Lipinski definition) is 0. The van der Waals surface area contributed by atoms with Crippen molar-refractivity contribution in [2.24, 2.45) is 0 Å². The highest BCUT2D eigenvalue weighted by molar-refractivity contribution is 5.94. The van der Waals surface area contributed by atoms with Crippen LogP contribution in [0.15, 0.2) is 6.07 Å². The summed E-state index contributed by atoms with van der Waals surface area (Å²) in [5, 5.41) is 4.37. The molecule has 0 saturated heterocycles. The number of unbranched alkanes of at least 4 members (excludes halogenated alkanes) is 1. The minimum Gasteiger partial charge on any atom is -0.292 e. The molecule has 3 nitrogen and oxygen atoms in total. The first-order chi connectivity index (χ1) is 7.22. The summed E-state index contributed by atoms with van der Waals surface area (Å²) in [6.45, 7) is 6.95. The number of rotatable bonds is 6. The zero-order valence-electron chi connectivity index (χ0n) is 9.92. The number of aryl methyl sites for hydroxylation is 2. The lowest BCUT2D eigenvalue weighted by atomic mass is 10.1. The number of hydrogen-bond acceptors (Lipinski definition) is 2. The molecule has 1 heterocycles. The average Bonchev–Trinajstić information content (AvgIpc) is 2.69. The normalized spacial score (nSPS) is 10.6. The average molecular weight is 208 g/mol. The standard InChI is InChI=1S/C12H20N2O/c1-4-7-8-12(15)11-9-10(5-2)13-14(11)6-3/h9H,4-8H2,1-3H3. The first-order valence-electron chi connectivity index (χ1n) is 5.82. The second-order valence-electron chi connectivity index (χ2n) is 3.72. The maximum atomic E-state index is 11.9. The maximum Gasteiger partial charge on any atom is 0.180 e. The van der Waals surface area contributed by atoms with Crippen molar-refractivity contribution in [2.75, 3.05) is 0 Å². The molecule has 3 heteroatoms. The number of nitrogens with zero attached hydrogens (tertiary/aromatic N) is 2. The van der Waals surface area contributed by atoms with Crippen LogP contribution < -0.4 is 0 Å². The summed E-state index contributed by atoms with van der Waals surface area (Å²) in [6, 6.07) is 1.93. The van der Waals surface area contributed by atoms with Gasteiger partial charge in [0.1, 0.15) is 5.69 Å². The summed E-state index contributed by atoms with van der Waals surface area (Å²) in [4.78, 5) is 11.9. The second-order valence-corrected chi connectivity index (χ2v) is 3.72. The molecule has 0 aliphatic carbocycles. The Hall–Kier alpha value is -1.12. The molecule has 1 rings (SSSR count). The third-order valence-corrected chi connectivity index (χ3v) is 2.54. The molecule has 0 radical (unpaired) electrons. The number of aromatic nitrogens is 2. The molecule has 0 aliphatic rings. The van der Waals surface area contributed by atoms with Gasteiger partial charge < -0.3 is 0 Å². The molecule has 15 heavy (non-hydrogen) atoms. The van der Waals surface area contributed by atoms with Gasteiger partial charge in [-0.15, -0.1) is 0 Å². The molecule has 0 bridgehead atoms. The third kappa shape index (κ3) is 2.91. The lowest BCUT2D eigenvalue weighted by Gasteiger charge is -2.02. The van der Waals surface area contributed by atoms with Gasteiger partial charge in [0.2, 0.25) is 0 Å². The molecule has 84 valence electrons. The van der Waals surface area contributed by atoms with E-state index >= 15 is 0 Å². The topological polar surface area (TPSA) is 34.9 Å². The Balaban J connectivity index is 2.81. The Labute approximate surface area is 91.5 Å². The van der Waals surface area contributed by atoms with Crippen molar-refractivity contribution in [1.82, 2.24) is 9.78 Å². The van der Waals surface area contributed by atoms with E-state index in [9.17, 15) is 4.79 Å². The van der Waals surface area contributed by atoms with Crippen LogP contribution in [0.5, 0.6) is 0 Å². The van der Waals surface area contributed by atoms with Gasteiger partial charge in [0.05, 0.1) is 5.69 Å². The van der Waals surface area contributed by atoms with Crippen molar-refractivity contribution in [3.63, 3.8) is 0 Å². The summed E-state index contributed by atoms with van der Waals surface area (Å²) in [7, 11) is 0. The number of Topliss-reactive ketones (excluding diaryl/α,β-unsaturated/α-hetero) is 1. The molecule has 0 amide bonds. The van der Waals surface area contributed by atoms with Crippen molar-refractivity contribution in [1.29, 1.82) is 0 Å². The van der Waals surface area contributed by atoms with Crippen molar-refractivity contribution in [3.8, 4) is 0 Å². The number of carbonyl (C=O) groups is 1. The van der Waals surface area contributed by atoms with Crippen LogP contribution in [0.25, 0.3) is 0 Å². The highest BCUT2D eigenvalue weighted by Gasteiger charge is 2.12. The zero-order chi connectivity index (χ0) is 11.3. The van der Waals surface area contributed by atoms with Gasteiger partial charge in [0, 0.05) is 13.0 Å². The summed E-state index contributed by atoms with van der Waals surface area (Å²) >= 11 is 0. The highest BCUT2D eigenvalue weighted by atomic mass is 16.1. The van der Waals surface area contributed by atoms with Gasteiger partial charge >= 0.3 is 0 Å². The largest absolute Gasteiger partial charge is 0.292 e. The van der Waals surface area contributed by atoms with Gasteiger partial charge in [-0.05, 0) is 25.8 Å². The van der Waals surface area contributed by atoms with E-state index in [2.05, 4.69) is 18.9 Å². The van der Waals surface area contributed by atoms with Crippen LogP contribution >= 0.6 is 0 Å². The molecular formula is C12H20N2O. The quantitative estimate of drug-likeness (QED) is 0.674. The first kappa shape index (κ1) is 12.0. The number of ketones is 1. The Bertz CT molecular complexity index is 328. The van der Waals surface area contributed by atoms with Crippen LogP contribution in [-0.4, -0.2) is 15.6 Å². The lowest BCUT2D eigenvalue weighted by molar-refractivity contribution is 0.0969. The number of carbonyl (C=O) groups excluding carboxylic acids is 1. The highest BCUT2D eigenvalue weighted by Crippen LogP contribution is 2.10. The molecule has 0 atom stereocenters. The summed E-state index contributed by atoms with van der Waals surface area (Å²) in [5.41, 5.74) is 1.79. The molecule has 1 aromatic rings. The fourth-order valence-corrected chi connectivity index (χ4v) is 1.57. The van der Waals surface area contributed by atoms with E-state index in [0.717, 1.165) is 37.2 Å². The molecule has 0 unspecified atom stereocenters. The predicted molar refractivity (Wildman–Crippen MR) is 61.1 cm³/mol. The van der Waals surface area contributed by atoms with Gasteiger partial charge in [-0.1, -0.05) is 20.3 Å². The molecular weight excluding hydrogens is 188 g/mol. The third-order valence-electron chi connectivity index (χ3n) is 2.54. The molecule has 0 spiro atoms. The summed E-state index contributed by atoms with van der Waals surface area (Å²) in [5.74, 6) is 0.228. The Kier molecular flexibility index (Phi) is 4.53. The Morgan fingerprint density at radius 3 is 2.67 bits per heavy atom. The molecule has 0 N–H and O–H groups in total. The van der Waals surface area contributed by atoms with Crippen LogP contribution in [0.1, 0.15) is 56.2 Å². The van der Waals surface area contributed by atoms with E-state index in [-0.39, 0.29) is 5.78 Å². The summed E-state index contributed by atoms with van der Waals surface area (Å²) < 4.78 is 1.82. The van der Waals surface area contributed by atoms with Crippen LogP contribution in [0.2, 0.25) is 0 Å². The minimum absolute atomic E-state index is 0.228. The molecule has 0 saturated carbocycles. The first-order valence-corrected chi connectivity index (χ1v) is 5.82. The Morgan fingerprint density at radius 2 is 2.13 bits per heavy atom. The zero-order valence-corrected chi connectivity index (χ0v) is 9.92. The Morgan fingerprint density at radius 1 is 1.40 bits per heavy atom. The molecule has 0 aliphatic heterocycles. The smallest absolute Gasteiger partial charge is 0.180 e. The van der Waals surface area contributed by atoms with E-state index in [4.69, 9.17) is 0 Å². The van der Waals surface area contributed by atoms with E-state index in [1.54, 1.807) is 0 Å².